The van der Waals surface area contributed by atoms with Crippen molar-refractivity contribution >= 4 is 29.0 Å². The summed E-state index contributed by atoms with van der Waals surface area (Å²) in [6, 6.07) is 9.83. The zero-order chi connectivity index (χ0) is 10.8. The molecule has 76 valence electrons. The third kappa shape index (κ3) is 2.06. The first-order chi connectivity index (χ1) is 7.18. The quantitative estimate of drug-likeness (QED) is 0.748. The Kier molecular flexibility index (Phi) is 2.80. The highest BCUT2D eigenvalue weighted by atomic mass is 35.5. The number of carbonyl (C=O) groups excluding carboxylic acids is 1. The Labute approximate surface area is 96.4 Å². The van der Waals surface area contributed by atoms with Crippen LogP contribution in [-0.2, 0) is 0 Å². The van der Waals surface area contributed by atoms with E-state index in [4.69, 9.17) is 27.6 Å². The molecular weight excluding hydrogens is 235 g/mol. The molecule has 0 unspecified atom stereocenters. The van der Waals surface area contributed by atoms with E-state index in [1.54, 1.807) is 24.3 Å². The van der Waals surface area contributed by atoms with Crippen LogP contribution in [0.2, 0.25) is 10.2 Å². The molecule has 0 N–H and O–H groups in total. The Morgan fingerprint density at radius 2 is 1.80 bits per heavy atom. The molecule has 0 aliphatic carbocycles. The van der Waals surface area contributed by atoms with Gasteiger partial charge in [0.25, 0.3) is 0 Å². The molecule has 0 radical (unpaired) electrons. The molecule has 0 atom stereocenters. The van der Waals surface area contributed by atoms with Crippen LogP contribution in [0.3, 0.4) is 0 Å². The Balaban J connectivity index is 2.41. The maximum Gasteiger partial charge on any atom is 0.229 e. The van der Waals surface area contributed by atoms with Crippen LogP contribution < -0.4 is 0 Å². The van der Waals surface area contributed by atoms with Gasteiger partial charge in [-0.2, -0.15) is 0 Å². The van der Waals surface area contributed by atoms with Crippen LogP contribution in [0.1, 0.15) is 16.1 Å². The monoisotopic (exact) mass is 240 g/mol. The fourth-order valence-corrected chi connectivity index (χ4v) is 1.58. The van der Waals surface area contributed by atoms with E-state index >= 15 is 0 Å². The fourth-order valence-electron chi connectivity index (χ4n) is 1.21. The Bertz CT molecular complexity index is 503. The first-order valence-corrected chi connectivity index (χ1v) is 4.98. The molecule has 2 rings (SSSR count). The van der Waals surface area contributed by atoms with Crippen molar-refractivity contribution in [2.24, 2.45) is 0 Å². The maximum absolute atomic E-state index is 11.8. The van der Waals surface area contributed by atoms with E-state index in [1.165, 1.54) is 12.1 Å². The third-order valence-corrected chi connectivity index (χ3v) is 2.45. The minimum Gasteiger partial charge on any atom is -0.441 e. The van der Waals surface area contributed by atoms with Gasteiger partial charge < -0.3 is 4.42 Å². The van der Waals surface area contributed by atoms with Crippen LogP contribution in [0.4, 0.5) is 0 Å². The Hall–Kier alpha value is -1.25. The Morgan fingerprint density at radius 1 is 1.07 bits per heavy atom. The third-order valence-electron chi connectivity index (χ3n) is 1.92. The molecule has 0 bridgehead atoms. The van der Waals surface area contributed by atoms with Crippen LogP contribution in [0, 0.1) is 0 Å². The minimum absolute atomic E-state index is 0.186. The molecule has 0 fully saturated rings. The summed E-state index contributed by atoms with van der Waals surface area (Å²) >= 11 is 11.5. The predicted octanol–water partition coefficient (Wildman–Crippen LogP) is 3.82. The van der Waals surface area contributed by atoms with Crippen LogP contribution in [0.25, 0.3) is 0 Å². The number of benzene rings is 1. The van der Waals surface area contributed by atoms with Crippen LogP contribution in [-0.4, -0.2) is 5.78 Å². The SMILES string of the molecule is O=C(c1ccc(Cl)o1)c1ccccc1Cl. The second kappa shape index (κ2) is 4.09. The molecule has 0 saturated heterocycles. The standard InChI is InChI=1S/C11H6Cl2O2/c12-8-4-2-1-3-7(8)11(14)9-5-6-10(13)15-9/h1-6H. The first kappa shape index (κ1) is 10.3. The van der Waals surface area contributed by atoms with Crippen LogP contribution in [0.5, 0.6) is 0 Å². The lowest BCUT2D eigenvalue weighted by Gasteiger charge is -1.99. The molecule has 0 aliphatic heterocycles. The van der Waals surface area contributed by atoms with E-state index < -0.39 is 0 Å². The molecule has 0 aliphatic rings. The van der Waals surface area contributed by atoms with E-state index in [1.807, 2.05) is 0 Å². The smallest absolute Gasteiger partial charge is 0.229 e. The van der Waals surface area contributed by atoms with Gasteiger partial charge >= 0.3 is 0 Å². The number of ketones is 1. The molecule has 4 heteroatoms. The van der Waals surface area contributed by atoms with Gasteiger partial charge in [0.1, 0.15) is 0 Å². The van der Waals surface area contributed by atoms with Gasteiger partial charge in [-0.15, -0.1) is 0 Å². The lowest BCUT2D eigenvalue weighted by molar-refractivity contribution is 0.101. The highest BCUT2D eigenvalue weighted by molar-refractivity contribution is 6.35. The van der Waals surface area contributed by atoms with Crippen molar-refractivity contribution in [2.75, 3.05) is 0 Å². The van der Waals surface area contributed by atoms with Gasteiger partial charge in [0.05, 0.1) is 5.02 Å². The number of carbonyl (C=O) groups is 1. The summed E-state index contributed by atoms with van der Waals surface area (Å²) in [6.07, 6.45) is 0. The lowest BCUT2D eigenvalue weighted by atomic mass is 10.1. The van der Waals surface area contributed by atoms with Gasteiger partial charge in [-0.05, 0) is 35.9 Å². The molecule has 0 spiro atoms. The molecule has 1 aromatic heterocycles. The zero-order valence-electron chi connectivity index (χ0n) is 7.54. The number of hydrogen-bond donors (Lipinski definition) is 0. The van der Waals surface area contributed by atoms with E-state index in [-0.39, 0.29) is 16.8 Å². The average Bonchev–Trinajstić information content (AvgIpc) is 2.65. The number of hydrogen-bond acceptors (Lipinski definition) is 2. The normalized spacial score (nSPS) is 10.3. The molecule has 2 nitrogen and oxygen atoms in total. The number of halogens is 2. The van der Waals surface area contributed by atoms with E-state index in [0.29, 0.717) is 10.6 Å². The van der Waals surface area contributed by atoms with Gasteiger partial charge in [0.2, 0.25) is 5.78 Å². The second-order valence-corrected chi connectivity index (χ2v) is 3.69. The van der Waals surface area contributed by atoms with Crippen LogP contribution >= 0.6 is 23.2 Å². The van der Waals surface area contributed by atoms with Crippen molar-refractivity contribution in [3.8, 4) is 0 Å². The van der Waals surface area contributed by atoms with Crippen LogP contribution in [0.15, 0.2) is 40.8 Å². The molecule has 2 aromatic rings. The van der Waals surface area contributed by atoms with Gasteiger partial charge in [-0.25, -0.2) is 0 Å². The van der Waals surface area contributed by atoms with Crippen molar-refractivity contribution in [3.63, 3.8) is 0 Å². The number of rotatable bonds is 2. The van der Waals surface area contributed by atoms with Gasteiger partial charge in [0.15, 0.2) is 11.0 Å². The van der Waals surface area contributed by atoms with Crippen molar-refractivity contribution in [3.05, 3.63) is 58.0 Å². The van der Waals surface area contributed by atoms with Gasteiger partial charge in [-0.1, -0.05) is 23.7 Å². The largest absolute Gasteiger partial charge is 0.441 e. The molecular formula is C11H6Cl2O2. The fraction of sp³-hybridized carbons (Fsp3) is 0. The average molecular weight is 241 g/mol. The van der Waals surface area contributed by atoms with Gasteiger partial charge in [-0.3, -0.25) is 4.79 Å². The zero-order valence-corrected chi connectivity index (χ0v) is 9.05. The van der Waals surface area contributed by atoms with Crippen molar-refractivity contribution < 1.29 is 9.21 Å². The molecule has 15 heavy (non-hydrogen) atoms. The summed E-state index contributed by atoms with van der Waals surface area (Å²) in [6.45, 7) is 0. The summed E-state index contributed by atoms with van der Waals surface area (Å²) in [5.74, 6) is -0.0828. The van der Waals surface area contributed by atoms with Crippen molar-refractivity contribution in [1.82, 2.24) is 0 Å². The minimum atomic E-state index is -0.271. The van der Waals surface area contributed by atoms with Crippen molar-refractivity contribution in [2.45, 2.75) is 0 Å². The maximum atomic E-state index is 11.8. The van der Waals surface area contributed by atoms with E-state index in [2.05, 4.69) is 0 Å². The highest BCUT2D eigenvalue weighted by Crippen LogP contribution is 2.21. The predicted molar refractivity (Wildman–Crippen MR) is 58.6 cm³/mol. The lowest BCUT2D eigenvalue weighted by Crippen LogP contribution is -1.99. The molecule has 1 aromatic carbocycles. The topological polar surface area (TPSA) is 30.2 Å². The summed E-state index contributed by atoms with van der Waals surface area (Å²) in [5, 5.41) is 0.584. The first-order valence-electron chi connectivity index (χ1n) is 4.23. The number of furan rings is 1. The summed E-state index contributed by atoms with van der Waals surface area (Å²) in [7, 11) is 0. The summed E-state index contributed by atoms with van der Waals surface area (Å²) in [5.41, 5.74) is 0.408. The van der Waals surface area contributed by atoms with Crippen molar-refractivity contribution in [1.29, 1.82) is 0 Å². The Morgan fingerprint density at radius 3 is 2.40 bits per heavy atom. The van der Waals surface area contributed by atoms with E-state index in [9.17, 15) is 4.79 Å². The second-order valence-electron chi connectivity index (χ2n) is 2.91. The molecule has 1 heterocycles. The summed E-state index contributed by atoms with van der Waals surface area (Å²) in [4.78, 5) is 11.8. The molecule has 0 amide bonds. The summed E-state index contributed by atoms with van der Waals surface area (Å²) < 4.78 is 5.01. The molecule has 0 saturated carbocycles. The van der Waals surface area contributed by atoms with Gasteiger partial charge in [0, 0.05) is 5.56 Å². The van der Waals surface area contributed by atoms with E-state index in [0.717, 1.165) is 0 Å². The highest BCUT2D eigenvalue weighted by Gasteiger charge is 2.15.